The maximum atomic E-state index is 11.7. The number of methoxy groups -OCH3 is 2. The van der Waals surface area contributed by atoms with Crippen molar-refractivity contribution in [3.8, 4) is 0 Å². The van der Waals surface area contributed by atoms with E-state index in [1.54, 1.807) is 39.8 Å². The zero-order valence-electron chi connectivity index (χ0n) is 14.4. The van der Waals surface area contributed by atoms with Crippen molar-refractivity contribution in [3.05, 3.63) is 29.3 Å². The topological polar surface area (TPSA) is 82.1 Å². The van der Waals surface area contributed by atoms with Crippen LogP contribution in [0.3, 0.4) is 0 Å². The Balaban J connectivity index is 3.11. The monoisotopic (exact) mass is 322 g/mol. The van der Waals surface area contributed by atoms with Crippen LogP contribution < -0.4 is 5.46 Å². The van der Waals surface area contributed by atoms with Gasteiger partial charge in [0, 0.05) is 0 Å². The number of esters is 2. The first-order valence-corrected chi connectivity index (χ1v) is 7.19. The molecule has 0 bridgehead atoms. The van der Waals surface area contributed by atoms with Gasteiger partial charge in [-0.1, -0.05) is 17.6 Å². The van der Waals surface area contributed by atoms with Crippen molar-refractivity contribution in [2.75, 3.05) is 14.2 Å². The lowest BCUT2D eigenvalue weighted by Gasteiger charge is -2.37. The summed E-state index contributed by atoms with van der Waals surface area (Å²) in [5.74, 6) is -1.11. The van der Waals surface area contributed by atoms with Crippen molar-refractivity contribution in [1.82, 2.24) is 0 Å². The first-order valence-electron chi connectivity index (χ1n) is 7.19. The number of rotatable bonds is 6. The Morgan fingerprint density at radius 3 is 1.74 bits per heavy atom. The van der Waals surface area contributed by atoms with E-state index in [-0.39, 0.29) is 18.6 Å². The van der Waals surface area contributed by atoms with Crippen molar-refractivity contribution >= 4 is 24.9 Å². The zero-order chi connectivity index (χ0) is 17.8. The number of hydrogen-bond acceptors (Lipinski definition) is 6. The molecule has 1 aromatic rings. The summed E-state index contributed by atoms with van der Waals surface area (Å²) in [5.41, 5.74) is -0.812. The lowest BCUT2D eigenvalue weighted by atomic mass is 9.81. The quantitative estimate of drug-likeness (QED) is 0.616. The largest absolute Gasteiger partial charge is 0.465 e. The summed E-state index contributed by atoms with van der Waals surface area (Å²) in [6, 6.07) is 4.57. The van der Waals surface area contributed by atoms with Crippen molar-refractivity contribution in [1.29, 1.82) is 0 Å². The van der Waals surface area contributed by atoms with Crippen LogP contribution in [0.2, 0.25) is 0 Å². The molecule has 23 heavy (non-hydrogen) atoms. The molecule has 7 heteroatoms. The van der Waals surface area contributed by atoms with Gasteiger partial charge in [-0.05, 0) is 33.8 Å². The molecule has 0 aliphatic carbocycles. The molecule has 0 aromatic heterocycles. The van der Waals surface area contributed by atoms with Gasteiger partial charge in [0.2, 0.25) is 0 Å². The van der Waals surface area contributed by atoms with Crippen molar-refractivity contribution < 1.29 is 28.8 Å². The second kappa shape index (κ2) is 7.15. The molecular formula is C16H23BO6. The van der Waals surface area contributed by atoms with Crippen LogP contribution in [0.4, 0.5) is 0 Å². The minimum atomic E-state index is -1.06. The molecule has 0 spiro atoms. The van der Waals surface area contributed by atoms with Gasteiger partial charge >= 0.3 is 19.4 Å². The van der Waals surface area contributed by atoms with Crippen LogP contribution in [0.1, 0.15) is 48.4 Å². The molecule has 0 aliphatic heterocycles. The van der Waals surface area contributed by atoms with E-state index in [4.69, 9.17) is 4.65 Å². The fraction of sp³-hybridized carbons (Fsp3) is 0.500. The predicted octanol–water partition coefficient (Wildman–Crippen LogP) is 0.803. The molecule has 126 valence electrons. The normalized spacial score (nSPS) is 11.8. The molecule has 6 nitrogen and oxygen atoms in total. The highest BCUT2D eigenvalue weighted by Crippen LogP contribution is 2.24. The maximum absolute atomic E-state index is 11.7. The number of benzene rings is 1. The van der Waals surface area contributed by atoms with Crippen LogP contribution in [-0.2, 0) is 14.1 Å². The smallest absolute Gasteiger partial charge is 0.337 e. The van der Waals surface area contributed by atoms with Gasteiger partial charge in [-0.3, -0.25) is 0 Å². The standard InChI is InChI=1S/C16H23BO6/c1-15(2,20)16(3,4)23-17-12-8-10(13(18)21-5)7-11(9-12)14(19)22-6/h7-9,17,20H,1-6H3. The van der Waals surface area contributed by atoms with Crippen molar-refractivity contribution in [3.63, 3.8) is 0 Å². The number of ether oxygens (including phenoxy) is 2. The first kappa shape index (κ1) is 19.2. The second-order valence-corrected chi connectivity index (χ2v) is 6.26. The highest BCUT2D eigenvalue weighted by molar-refractivity contribution is 6.47. The summed E-state index contributed by atoms with van der Waals surface area (Å²) in [5, 5.41) is 10.1. The summed E-state index contributed by atoms with van der Waals surface area (Å²) < 4.78 is 15.1. The summed E-state index contributed by atoms with van der Waals surface area (Å²) in [6.45, 7) is 6.83. The van der Waals surface area contributed by atoms with E-state index in [0.29, 0.717) is 5.46 Å². The molecule has 0 saturated carbocycles. The minimum absolute atomic E-state index is 0.117. The van der Waals surface area contributed by atoms with Crippen LogP contribution in [-0.4, -0.2) is 49.9 Å². The van der Waals surface area contributed by atoms with E-state index in [0.717, 1.165) is 0 Å². The Hall–Kier alpha value is -1.86. The van der Waals surface area contributed by atoms with Crippen LogP contribution in [0, 0.1) is 0 Å². The summed E-state index contributed by atoms with van der Waals surface area (Å²) in [4.78, 5) is 23.5. The minimum Gasteiger partial charge on any atom is -0.465 e. The number of hydrogen-bond donors (Lipinski definition) is 1. The Morgan fingerprint density at radius 2 is 1.39 bits per heavy atom. The molecule has 0 aliphatic rings. The summed E-state index contributed by atoms with van der Waals surface area (Å²) >= 11 is 0. The van der Waals surface area contributed by atoms with Gasteiger partial charge in [-0.2, -0.15) is 0 Å². The van der Waals surface area contributed by atoms with E-state index in [1.807, 2.05) is 0 Å². The average molecular weight is 322 g/mol. The molecule has 0 unspecified atom stereocenters. The second-order valence-electron chi connectivity index (χ2n) is 6.26. The fourth-order valence-electron chi connectivity index (χ4n) is 1.69. The maximum Gasteiger partial charge on any atom is 0.337 e. The summed E-state index contributed by atoms with van der Waals surface area (Å²) in [6.07, 6.45) is 0. The van der Waals surface area contributed by atoms with E-state index < -0.39 is 23.1 Å². The van der Waals surface area contributed by atoms with Gasteiger partial charge in [-0.25, -0.2) is 9.59 Å². The molecule has 1 aromatic carbocycles. The summed E-state index contributed by atoms with van der Waals surface area (Å²) in [7, 11) is 2.65. The van der Waals surface area contributed by atoms with Crippen LogP contribution in [0.25, 0.3) is 0 Å². The third-order valence-electron chi connectivity index (χ3n) is 3.91. The highest BCUT2D eigenvalue weighted by Gasteiger charge is 2.35. The van der Waals surface area contributed by atoms with Crippen LogP contribution in [0.15, 0.2) is 18.2 Å². The van der Waals surface area contributed by atoms with Gasteiger partial charge < -0.3 is 19.2 Å². The molecule has 0 heterocycles. The van der Waals surface area contributed by atoms with E-state index in [1.165, 1.54) is 20.3 Å². The van der Waals surface area contributed by atoms with Gasteiger partial charge in [0.1, 0.15) is 0 Å². The number of carbonyl (C=O) groups is 2. The number of carbonyl (C=O) groups excluding carboxylic acids is 2. The Morgan fingerprint density at radius 1 is 0.957 bits per heavy atom. The molecular weight excluding hydrogens is 299 g/mol. The molecule has 1 N–H and O–H groups in total. The predicted molar refractivity (Wildman–Crippen MR) is 87.4 cm³/mol. The Bertz CT molecular complexity index is 554. The lowest BCUT2D eigenvalue weighted by Crippen LogP contribution is -2.49. The van der Waals surface area contributed by atoms with Gasteiger partial charge in [0.25, 0.3) is 0 Å². The molecule has 0 radical (unpaired) electrons. The Kier molecular flexibility index (Phi) is 5.96. The fourth-order valence-corrected chi connectivity index (χ4v) is 1.69. The average Bonchev–Trinajstić information content (AvgIpc) is 2.49. The van der Waals surface area contributed by atoms with Crippen LogP contribution >= 0.6 is 0 Å². The molecule has 0 amide bonds. The molecule has 1 rings (SSSR count). The zero-order valence-corrected chi connectivity index (χ0v) is 14.4. The lowest BCUT2D eigenvalue weighted by molar-refractivity contribution is -0.0893. The molecule has 0 atom stereocenters. The third kappa shape index (κ3) is 4.81. The Labute approximate surface area is 137 Å². The van der Waals surface area contributed by atoms with E-state index in [9.17, 15) is 14.7 Å². The third-order valence-corrected chi connectivity index (χ3v) is 3.91. The van der Waals surface area contributed by atoms with Crippen molar-refractivity contribution in [2.45, 2.75) is 38.9 Å². The van der Waals surface area contributed by atoms with E-state index in [2.05, 4.69) is 9.47 Å². The van der Waals surface area contributed by atoms with Crippen LogP contribution in [0.5, 0.6) is 0 Å². The molecule has 0 saturated heterocycles. The van der Waals surface area contributed by atoms with E-state index >= 15 is 0 Å². The van der Waals surface area contributed by atoms with Gasteiger partial charge in [0.05, 0.1) is 36.5 Å². The SMILES string of the molecule is COC(=O)c1cc(BOC(C)(C)C(C)(C)O)cc(C(=O)OC)c1. The van der Waals surface area contributed by atoms with Gasteiger partial charge in [0.15, 0.2) is 0 Å². The van der Waals surface area contributed by atoms with Crippen molar-refractivity contribution in [2.24, 2.45) is 0 Å². The van der Waals surface area contributed by atoms with Gasteiger partial charge in [-0.15, -0.1) is 0 Å². The number of aliphatic hydroxyl groups is 1. The molecule has 0 fully saturated rings. The first-order chi connectivity index (χ1) is 10.5. The highest BCUT2D eigenvalue weighted by atomic mass is 16.5.